The van der Waals surface area contributed by atoms with Crippen LogP contribution >= 0.6 is 0 Å². The third-order valence-corrected chi connectivity index (χ3v) is 4.20. The maximum atomic E-state index is 12.8. The Morgan fingerprint density at radius 1 is 1.11 bits per heavy atom. The average Bonchev–Trinajstić information content (AvgIpc) is 2.68. The summed E-state index contributed by atoms with van der Waals surface area (Å²) in [6.07, 6.45) is 0.901. The summed E-state index contributed by atoms with van der Waals surface area (Å²) in [4.78, 5) is 12.8. The lowest BCUT2D eigenvalue weighted by Gasteiger charge is -2.11. The quantitative estimate of drug-likeness (QED) is 0.604. The summed E-state index contributed by atoms with van der Waals surface area (Å²) in [5.41, 5.74) is 1.09. The van der Waals surface area contributed by atoms with Crippen LogP contribution in [0.15, 0.2) is 57.7 Å². The molecule has 27 heavy (non-hydrogen) atoms. The third-order valence-electron chi connectivity index (χ3n) is 4.20. The first kappa shape index (κ1) is 19.0. The molecule has 142 valence electrons. The van der Waals surface area contributed by atoms with E-state index in [1.54, 1.807) is 18.2 Å². The Morgan fingerprint density at radius 3 is 2.59 bits per heavy atom. The lowest BCUT2D eigenvalue weighted by atomic mass is 10.1. The molecule has 0 aliphatic carbocycles. The molecule has 0 atom stereocenters. The first-order valence-electron chi connectivity index (χ1n) is 9.16. The molecule has 5 nitrogen and oxygen atoms in total. The molecule has 0 aliphatic heterocycles. The predicted octanol–water partition coefficient (Wildman–Crippen LogP) is 4.24. The van der Waals surface area contributed by atoms with Crippen molar-refractivity contribution >= 4 is 11.0 Å². The average molecular weight is 367 g/mol. The molecule has 0 bridgehead atoms. The number of ether oxygens (including phenoxy) is 2. The lowest BCUT2D eigenvalue weighted by molar-refractivity contribution is 0.306. The minimum Gasteiger partial charge on any atom is -0.493 e. The van der Waals surface area contributed by atoms with Gasteiger partial charge >= 0.3 is 0 Å². The van der Waals surface area contributed by atoms with Gasteiger partial charge in [0.2, 0.25) is 11.2 Å². The second-order valence-corrected chi connectivity index (χ2v) is 6.63. The Kier molecular flexibility index (Phi) is 6.14. The first-order valence-corrected chi connectivity index (χ1v) is 9.16. The topological polar surface area (TPSA) is 60.7 Å². The molecule has 0 fully saturated rings. The van der Waals surface area contributed by atoms with Gasteiger partial charge in [-0.05, 0) is 25.1 Å². The van der Waals surface area contributed by atoms with Gasteiger partial charge in [-0.2, -0.15) is 0 Å². The summed E-state index contributed by atoms with van der Waals surface area (Å²) in [6.45, 7) is 5.72. The minimum atomic E-state index is -0.190. The molecule has 0 saturated carbocycles. The van der Waals surface area contributed by atoms with Gasteiger partial charge in [0.15, 0.2) is 5.76 Å². The van der Waals surface area contributed by atoms with Crippen molar-refractivity contribution in [1.82, 2.24) is 5.32 Å². The molecule has 1 aromatic heterocycles. The van der Waals surface area contributed by atoms with Crippen molar-refractivity contribution in [1.29, 1.82) is 0 Å². The van der Waals surface area contributed by atoms with Crippen LogP contribution in [0.5, 0.6) is 11.5 Å². The summed E-state index contributed by atoms with van der Waals surface area (Å²) in [6, 6.07) is 15.2. The van der Waals surface area contributed by atoms with Gasteiger partial charge in [0.1, 0.15) is 11.3 Å². The Hall–Kier alpha value is -2.79. The largest absolute Gasteiger partial charge is 0.493 e. The van der Waals surface area contributed by atoms with Gasteiger partial charge in [0.25, 0.3) is 0 Å². The molecule has 3 aromatic rings. The molecular formula is C22H25NO4. The maximum absolute atomic E-state index is 12.8. The fraction of sp³-hybridized carbons (Fsp3) is 0.318. The summed E-state index contributed by atoms with van der Waals surface area (Å²) < 4.78 is 17.2. The van der Waals surface area contributed by atoms with E-state index in [0.717, 1.165) is 18.5 Å². The van der Waals surface area contributed by atoms with E-state index in [1.165, 1.54) is 7.11 Å². The molecule has 0 radical (unpaired) electrons. The summed E-state index contributed by atoms with van der Waals surface area (Å²) in [5, 5.41) is 3.83. The number of hydrogen-bond acceptors (Lipinski definition) is 5. The predicted molar refractivity (Wildman–Crippen MR) is 108 cm³/mol. The summed E-state index contributed by atoms with van der Waals surface area (Å²) in [7, 11) is 1.48. The molecule has 0 amide bonds. The van der Waals surface area contributed by atoms with E-state index in [1.807, 2.05) is 30.3 Å². The second-order valence-electron chi connectivity index (χ2n) is 6.63. The molecule has 1 N–H and O–H groups in total. The second kappa shape index (κ2) is 8.73. The fourth-order valence-corrected chi connectivity index (χ4v) is 2.86. The molecule has 0 unspecified atom stereocenters. The molecule has 3 rings (SSSR count). The van der Waals surface area contributed by atoms with E-state index in [0.29, 0.717) is 35.1 Å². The van der Waals surface area contributed by atoms with Crippen molar-refractivity contribution in [2.45, 2.75) is 26.3 Å². The molecule has 1 heterocycles. The van der Waals surface area contributed by atoms with Crippen LogP contribution in [-0.2, 0) is 0 Å². The van der Waals surface area contributed by atoms with Gasteiger partial charge in [-0.15, -0.1) is 0 Å². The number of nitrogens with one attached hydrogen (secondary N) is 1. The third kappa shape index (κ3) is 4.49. The van der Waals surface area contributed by atoms with Crippen molar-refractivity contribution in [2.75, 3.05) is 20.3 Å². The molecule has 0 saturated heterocycles. The van der Waals surface area contributed by atoms with E-state index < -0.39 is 0 Å². The summed E-state index contributed by atoms with van der Waals surface area (Å²) >= 11 is 0. The molecule has 5 heteroatoms. The zero-order chi connectivity index (χ0) is 19.2. The zero-order valence-corrected chi connectivity index (χ0v) is 16.0. The smallest absolute Gasteiger partial charge is 0.235 e. The van der Waals surface area contributed by atoms with Crippen LogP contribution in [-0.4, -0.2) is 26.3 Å². The maximum Gasteiger partial charge on any atom is 0.235 e. The highest BCUT2D eigenvalue weighted by Crippen LogP contribution is 2.31. The summed E-state index contributed by atoms with van der Waals surface area (Å²) in [5.74, 6) is 1.32. The highest BCUT2D eigenvalue weighted by Gasteiger charge is 2.17. The first-order chi connectivity index (χ1) is 13.1. The molecule has 0 aliphatic rings. The molecular weight excluding hydrogens is 342 g/mol. The number of hydrogen-bond donors (Lipinski definition) is 1. The van der Waals surface area contributed by atoms with Crippen molar-refractivity contribution in [3.05, 3.63) is 58.8 Å². The molecule has 2 aromatic carbocycles. The Bertz CT molecular complexity index is 948. The normalized spacial score (nSPS) is 11.1. The standard InChI is InChI=1S/C22H25NO4/c1-15(2)23-12-7-13-26-17-10-11-18-19(14-17)27-21(22(25-3)20(18)24)16-8-5-4-6-9-16/h4-6,8-11,14-15,23H,7,12-13H2,1-3H3. The fourth-order valence-electron chi connectivity index (χ4n) is 2.86. The zero-order valence-electron chi connectivity index (χ0n) is 16.0. The van der Waals surface area contributed by atoms with Crippen molar-refractivity contribution < 1.29 is 13.9 Å². The van der Waals surface area contributed by atoms with Gasteiger partial charge in [0, 0.05) is 17.7 Å². The van der Waals surface area contributed by atoms with Crippen LogP contribution in [0.25, 0.3) is 22.3 Å². The van der Waals surface area contributed by atoms with Gasteiger partial charge in [-0.1, -0.05) is 44.2 Å². The SMILES string of the molecule is COc1c(-c2ccccc2)oc2cc(OCCCNC(C)C)ccc2c1=O. The van der Waals surface area contributed by atoms with E-state index in [9.17, 15) is 4.79 Å². The van der Waals surface area contributed by atoms with Crippen LogP contribution in [0, 0.1) is 0 Å². The Balaban J connectivity index is 1.88. The van der Waals surface area contributed by atoms with Crippen LogP contribution in [0.3, 0.4) is 0 Å². The van der Waals surface area contributed by atoms with Crippen LogP contribution in [0.1, 0.15) is 20.3 Å². The van der Waals surface area contributed by atoms with Crippen LogP contribution in [0.4, 0.5) is 0 Å². The number of fused-ring (bicyclic) bond motifs is 1. The Labute approximate surface area is 158 Å². The minimum absolute atomic E-state index is 0.190. The van der Waals surface area contributed by atoms with Crippen molar-refractivity contribution in [3.63, 3.8) is 0 Å². The highest BCUT2D eigenvalue weighted by atomic mass is 16.5. The van der Waals surface area contributed by atoms with Gasteiger partial charge < -0.3 is 19.2 Å². The van der Waals surface area contributed by atoms with E-state index >= 15 is 0 Å². The number of benzene rings is 2. The van der Waals surface area contributed by atoms with E-state index in [2.05, 4.69) is 19.2 Å². The highest BCUT2D eigenvalue weighted by molar-refractivity contribution is 5.83. The lowest BCUT2D eigenvalue weighted by Crippen LogP contribution is -2.24. The molecule has 0 spiro atoms. The van der Waals surface area contributed by atoms with Crippen LogP contribution in [0.2, 0.25) is 0 Å². The van der Waals surface area contributed by atoms with Gasteiger partial charge in [-0.25, -0.2) is 0 Å². The van der Waals surface area contributed by atoms with Gasteiger partial charge in [-0.3, -0.25) is 4.79 Å². The number of rotatable bonds is 8. The van der Waals surface area contributed by atoms with E-state index in [4.69, 9.17) is 13.9 Å². The van der Waals surface area contributed by atoms with E-state index in [-0.39, 0.29) is 11.2 Å². The van der Waals surface area contributed by atoms with Crippen molar-refractivity contribution in [2.24, 2.45) is 0 Å². The number of methoxy groups -OCH3 is 1. The van der Waals surface area contributed by atoms with Crippen molar-refractivity contribution in [3.8, 4) is 22.8 Å². The van der Waals surface area contributed by atoms with Crippen LogP contribution < -0.4 is 20.2 Å². The Morgan fingerprint density at radius 2 is 1.89 bits per heavy atom. The monoisotopic (exact) mass is 367 g/mol. The van der Waals surface area contributed by atoms with Gasteiger partial charge in [0.05, 0.1) is 19.1 Å².